The summed E-state index contributed by atoms with van der Waals surface area (Å²) in [5, 5.41) is 1.90. The van der Waals surface area contributed by atoms with E-state index >= 15 is 0 Å². The molecule has 2 amide bonds. The number of carbonyl (C=O) groups excluding carboxylic acids is 2. The number of para-hydroxylation sites is 1. The van der Waals surface area contributed by atoms with E-state index in [-0.39, 0.29) is 18.9 Å². The molecule has 0 spiro atoms. The molecule has 0 bridgehead atoms. The number of nitrogens with one attached hydrogen (secondary N) is 2. The Morgan fingerprint density at radius 1 is 1.05 bits per heavy atom. The molecule has 0 aliphatic rings. The molecule has 22 heavy (non-hydrogen) atoms. The fraction of sp³-hybridized carbons (Fsp3) is 0.250. The third kappa shape index (κ3) is 4.60. The van der Waals surface area contributed by atoms with Gasteiger partial charge in [0.1, 0.15) is 5.75 Å². The number of ether oxygens (including phenoxy) is 1. The van der Waals surface area contributed by atoms with Gasteiger partial charge in [0.2, 0.25) is 5.91 Å². The van der Waals surface area contributed by atoms with E-state index in [4.69, 9.17) is 4.74 Å². The van der Waals surface area contributed by atoms with Crippen LogP contribution in [0.1, 0.15) is 16.0 Å². The maximum absolute atomic E-state index is 11.7. The highest BCUT2D eigenvalue weighted by Gasteiger charge is 2.09. The van der Waals surface area contributed by atoms with Crippen LogP contribution in [-0.2, 0) is 16.0 Å². The summed E-state index contributed by atoms with van der Waals surface area (Å²) in [5.41, 5.74) is 6.65. The van der Waals surface area contributed by atoms with Gasteiger partial charge < -0.3 is 4.74 Å². The molecule has 5 nitrogen and oxygen atoms in total. The molecule has 0 fully saturated rings. The Bertz CT molecular complexity index is 633. The molecule has 2 aromatic rings. The van der Waals surface area contributed by atoms with Gasteiger partial charge in [-0.2, -0.15) is 0 Å². The number of carbonyl (C=O) groups is 2. The SMILES string of the molecule is Cc1cccc(C)c1OCC(=O)NNC(=O)Cc1cccs1. The van der Waals surface area contributed by atoms with E-state index in [9.17, 15) is 9.59 Å². The van der Waals surface area contributed by atoms with Gasteiger partial charge in [-0.15, -0.1) is 11.3 Å². The second-order valence-electron chi connectivity index (χ2n) is 4.86. The third-order valence-corrected chi connectivity index (χ3v) is 3.89. The zero-order chi connectivity index (χ0) is 15.9. The van der Waals surface area contributed by atoms with Gasteiger partial charge in [-0.05, 0) is 36.4 Å². The summed E-state index contributed by atoms with van der Waals surface area (Å²) < 4.78 is 5.51. The van der Waals surface area contributed by atoms with Crippen molar-refractivity contribution in [2.45, 2.75) is 20.3 Å². The van der Waals surface area contributed by atoms with Crippen molar-refractivity contribution in [3.8, 4) is 5.75 Å². The lowest BCUT2D eigenvalue weighted by Crippen LogP contribution is -2.44. The second kappa shape index (κ2) is 7.61. The van der Waals surface area contributed by atoms with Crippen LogP contribution in [0.4, 0.5) is 0 Å². The van der Waals surface area contributed by atoms with Crippen molar-refractivity contribution in [3.05, 3.63) is 51.7 Å². The minimum Gasteiger partial charge on any atom is -0.483 e. The molecule has 2 N–H and O–H groups in total. The Labute approximate surface area is 133 Å². The smallest absolute Gasteiger partial charge is 0.276 e. The van der Waals surface area contributed by atoms with E-state index in [1.807, 2.05) is 49.6 Å². The maximum atomic E-state index is 11.7. The van der Waals surface area contributed by atoms with Gasteiger partial charge in [-0.25, -0.2) is 0 Å². The normalized spacial score (nSPS) is 10.1. The van der Waals surface area contributed by atoms with Crippen molar-refractivity contribution in [2.75, 3.05) is 6.61 Å². The molecule has 0 saturated heterocycles. The van der Waals surface area contributed by atoms with Gasteiger partial charge in [-0.1, -0.05) is 24.3 Å². The lowest BCUT2D eigenvalue weighted by Gasteiger charge is -2.12. The van der Waals surface area contributed by atoms with Gasteiger partial charge in [0.15, 0.2) is 6.61 Å². The summed E-state index contributed by atoms with van der Waals surface area (Å²) in [6, 6.07) is 9.52. The van der Waals surface area contributed by atoms with E-state index in [0.717, 1.165) is 16.0 Å². The van der Waals surface area contributed by atoms with Crippen LogP contribution in [0.5, 0.6) is 5.75 Å². The molecule has 1 aromatic carbocycles. The van der Waals surface area contributed by atoms with Crippen LogP contribution in [0, 0.1) is 13.8 Å². The Balaban J connectivity index is 1.75. The summed E-state index contributed by atoms with van der Waals surface area (Å²) in [4.78, 5) is 24.3. The average molecular weight is 318 g/mol. The van der Waals surface area contributed by atoms with Crippen molar-refractivity contribution in [3.63, 3.8) is 0 Å². The summed E-state index contributed by atoms with van der Waals surface area (Å²) in [6.45, 7) is 3.69. The fourth-order valence-corrected chi connectivity index (χ4v) is 2.66. The predicted molar refractivity (Wildman–Crippen MR) is 85.7 cm³/mol. The molecule has 0 saturated carbocycles. The number of hydrazine groups is 1. The molecule has 0 radical (unpaired) electrons. The molecule has 0 unspecified atom stereocenters. The summed E-state index contributed by atoms with van der Waals surface area (Å²) in [5.74, 6) is 0.0348. The molecule has 1 aromatic heterocycles. The zero-order valence-corrected chi connectivity index (χ0v) is 13.3. The molecule has 0 aliphatic carbocycles. The van der Waals surface area contributed by atoms with Crippen LogP contribution in [0.3, 0.4) is 0 Å². The largest absolute Gasteiger partial charge is 0.483 e. The molecule has 116 valence electrons. The van der Waals surface area contributed by atoms with Crippen LogP contribution in [0.25, 0.3) is 0 Å². The Kier molecular flexibility index (Phi) is 5.55. The number of amides is 2. The molecule has 6 heteroatoms. The number of thiophene rings is 1. The first kappa shape index (κ1) is 16.0. The topological polar surface area (TPSA) is 67.4 Å². The third-order valence-electron chi connectivity index (χ3n) is 3.01. The summed E-state index contributed by atoms with van der Waals surface area (Å²) in [7, 11) is 0. The number of hydrogen-bond donors (Lipinski definition) is 2. The standard InChI is InChI=1S/C16H18N2O3S/c1-11-5-3-6-12(2)16(11)21-10-15(20)18-17-14(19)9-13-7-4-8-22-13/h3-8H,9-10H2,1-2H3,(H,17,19)(H,18,20). The average Bonchev–Trinajstić information content (AvgIpc) is 2.97. The van der Waals surface area contributed by atoms with Crippen molar-refractivity contribution < 1.29 is 14.3 Å². The van der Waals surface area contributed by atoms with Crippen LogP contribution < -0.4 is 15.6 Å². The highest BCUT2D eigenvalue weighted by atomic mass is 32.1. The highest BCUT2D eigenvalue weighted by Crippen LogP contribution is 2.21. The van der Waals surface area contributed by atoms with Gasteiger partial charge in [-0.3, -0.25) is 20.4 Å². The minimum absolute atomic E-state index is 0.148. The monoisotopic (exact) mass is 318 g/mol. The van der Waals surface area contributed by atoms with Crippen molar-refractivity contribution in [1.82, 2.24) is 10.9 Å². The second-order valence-corrected chi connectivity index (χ2v) is 5.89. The van der Waals surface area contributed by atoms with E-state index < -0.39 is 5.91 Å². The fourth-order valence-electron chi connectivity index (χ4n) is 1.96. The summed E-state index contributed by atoms with van der Waals surface area (Å²) in [6.07, 6.45) is 0.246. The molecular weight excluding hydrogens is 300 g/mol. The summed E-state index contributed by atoms with van der Waals surface area (Å²) >= 11 is 1.50. The lowest BCUT2D eigenvalue weighted by atomic mass is 10.1. The van der Waals surface area contributed by atoms with Crippen LogP contribution in [-0.4, -0.2) is 18.4 Å². The van der Waals surface area contributed by atoms with E-state index in [1.54, 1.807) is 0 Å². The van der Waals surface area contributed by atoms with Crippen molar-refractivity contribution in [1.29, 1.82) is 0 Å². The zero-order valence-electron chi connectivity index (χ0n) is 12.5. The quantitative estimate of drug-likeness (QED) is 0.830. The highest BCUT2D eigenvalue weighted by molar-refractivity contribution is 7.10. The molecule has 0 aliphatic heterocycles. The Morgan fingerprint density at radius 2 is 1.73 bits per heavy atom. The predicted octanol–water partition coefficient (Wildman–Crippen LogP) is 2.13. The van der Waals surface area contributed by atoms with Crippen LogP contribution >= 0.6 is 11.3 Å². The van der Waals surface area contributed by atoms with Gasteiger partial charge in [0.05, 0.1) is 6.42 Å². The van der Waals surface area contributed by atoms with Gasteiger partial charge in [0, 0.05) is 4.88 Å². The number of rotatable bonds is 5. The molecule has 0 atom stereocenters. The Morgan fingerprint density at radius 3 is 2.36 bits per heavy atom. The van der Waals surface area contributed by atoms with Crippen molar-refractivity contribution in [2.24, 2.45) is 0 Å². The Hall–Kier alpha value is -2.34. The number of aryl methyl sites for hydroxylation is 2. The van der Waals surface area contributed by atoms with Crippen LogP contribution in [0.2, 0.25) is 0 Å². The van der Waals surface area contributed by atoms with Crippen LogP contribution in [0.15, 0.2) is 35.7 Å². The number of hydrogen-bond acceptors (Lipinski definition) is 4. The van der Waals surface area contributed by atoms with E-state index in [2.05, 4.69) is 10.9 Å². The van der Waals surface area contributed by atoms with E-state index in [0.29, 0.717) is 5.75 Å². The molecule has 1 heterocycles. The molecule has 2 rings (SSSR count). The van der Waals surface area contributed by atoms with E-state index in [1.165, 1.54) is 11.3 Å². The number of benzene rings is 1. The lowest BCUT2D eigenvalue weighted by molar-refractivity contribution is -0.129. The van der Waals surface area contributed by atoms with Gasteiger partial charge >= 0.3 is 0 Å². The first-order chi connectivity index (χ1) is 10.6. The first-order valence-electron chi connectivity index (χ1n) is 6.85. The minimum atomic E-state index is -0.401. The first-order valence-corrected chi connectivity index (χ1v) is 7.73. The van der Waals surface area contributed by atoms with Gasteiger partial charge in [0.25, 0.3) is 5.91 Å². The maximum Gasteiger partial charge on any atom is 0.276 e. The van der Waals surface area contributed by atoms with Crippen molar-refractivity contribution >= 4 is 23.2 Å². The molecular formula is C16H18N2O3S.